The molecule has 2 aromatic heterocycles. The predicted molar refractivity (Wildman–Crippen MR) is 129 cm³/mol. The smallest absolute Gasteiger partial charge is 0.273 e. The Hall–Kier alpha value is -3.35. The van der Waals surface area contributed by atoms with E-state index < -0.39 is 5.54 Å². The Labute approximate surface area is 200 Å². The molecule has 7 heteroatoms. The number of aryl methyl sites for hydroxylation is 1. The molecule has 1 N–H and O–H groups in total. The van der Waals surface area contributed by atoms with E-state index in [-0.39, 0.29) is 17.9 Å². The average molecular weight is 461 g/mol. The van der Waals surface area contributed by atoms with E-state index in [2.05, 4.69) is 10.4 Å². The maximum absolute atomic E-state index is 13.8. The fraction of sp³-hybridized carbons (Fsp3) is 0.444. The molecule has 1 aliphatic carbocycles. The third-order valence-electron chi connectivity index (χ3n) is 7.34. The molecule has 5 rings (SSSR count). The number of amides is 2. The molecule has 2 amide bonds. The van der Waals surface area contributed by atoms with Gasteiger partial charge in [0.1, 0.15) is 16.9 Å². The van der Waals surface area contributed by atoms with Gasteiger partial charge in [-0.3, -0.25) is 14.3 Å². The van der Waals surface area contributed by atoms with Gasteiger partial charge in [-0.2, -0.15) is 5.10 Å². The lowest BCUT2D eigenvalue weighted by Gasteiger charge is -2.44. The summed E-state index contributed by atoms with van der Waals surface area (Å²) in [5, 5.41) is 7.93. The van der Waals surface area contributed by atoms with E-state index in [0.29, 0.717) is 30.2 Å². The first-order valence-corrected chi connectivity index (χ1v) is 12.2. The van der Waals surface area contributed by atoms with Crippen LogP contribution in [0.4, 0.5) is 0 Å². The molecule has 1 saturated carbocycles. The van der Waals surface area contributed by atoms with E-state index in [9.17, 15) is 9.59 Å². The van der Waals surface area contributed by atoms with Crippen molar-refractivity contribution in [2.24, 2.45) is 0 Å². The Bertz CT molecular complexity index is 1170. The lowest BCUT2D eigenvalue weighted by molar-refractivity contribution is -0.134. The Morgan fingerprint density at radius 2 is 1.91 bits per heavy atom. The van der Waals surface area contributed by atoms with Crippen LogP contribution in [-0.4, -0.2) is 38.1 Å². The van der Waals surface area contributed by atoms with Gasteiger partial charge >= 0.3 is 0 Å². The summed E-state index contributed by atoms with van der Waals surface area (Å²) in [5.74, 6) is 0.296. The van der Waals surface area contributed by atoms with Crippen molar-refractivity contribution in [3.63, 3.8) is 0 Å². The number of carbonyl (C=O) groups is 2. The molecule has 34 heavy (non-hydrogen) atoms. The molecule has 0 radical (unpaired) electrons. The van der Waals surface area contributed by atoms with E-state index in [1.807, 2.05) is 44.2 Å². The Morgan fingerprint density at radius 1 is 1.15 bits per heavy atom. The van der Waals surface area contributed by atoms with Crippen molar-refractivity contribution in [2.75, 3.05) is 0 Å². The lowest BCUT2D eigenvalue weighted by Crippen LogP contribution is -2.64. The van der Waals surface area contributed by atoms with Crippen LogP contribution in [0.2, 0.25) is 0 Å². The maximum Gasteiger partial charge on any atom is 0.273 e. The molecular weight excluding hydrogens is 428 g/mol. The number of nitrogens with zero attached hydrogens (tertiary/aromatic N) is 3. The number of benzene rings is 1. The molecule has 0 spiro atoms. The molecule has 2 aliphatic rings. The van der Waals surface area contributed by atoms with Gasteiger partial charge in [-0.1, -0.05) is 49.9 Å². The van der Waals surface area contributed by atoms with Crippen molar-refractivity contribution in [1.29, 1.82) is 0 Å². The summed E-state index contributed by atoms with van der Waals surface area (Å²) in [4.78, 5) is 29.4. The molecule has 3 aromatic rings. The standard InChI is InChI=1S/C27H32N4O3/c1-19-10-7-8-11-20(19)17-30-25(32)23-16-22(24-14-9-15-34-24)29-31(23)18-27(30,2)26(33)28-21-12-5-3-4-6-13-21/h7-11,14-16,21H,3-6,12-13,17-18H2,1-2H3,(H,28,33)/t27-/m1/s1. The number of furan rings is 1. The molecule has 0 unspecified atom stereocenters. The van der Waals surface area contributed by atoms with Crippen LogP contribution < -0.4 is 5.32 Å². The predicted octanol–water partition coefficient (Wildman–Crippen LogP) is 4.71. The number of fused-ring (bicyclic) bond motifs is 1. The number of carbonyl (C=O) groups excluding carboxylic acids is 2. The van der Waals surface area contributed by atoms with Crippen LogP contribution in [0.3, 0.4) is 0 Å². The largest absolute Gasteiger partial charge is 0.463 e. The first-order chi connectivity index (χ1) is 16.5. The van der Waals surface area contributed by atoms with Crippen LogP contribution in [0, 0.1) is 6.92 Å². The number of hydrogen-bond donors (Lipinski definition) is 1. The molecule has 3 heterocycles. The van der Waals surface area contributed by atoms with Crippen LogP contribution in [0.15, 0.2) is 53.1 Å². The molecule has 178 valence electrons. The minimum atomic E-state index is -1.06. The fourth-order valence-corrected chi connectivity index (χ4v) is 5.16. The van der Waals surface area contributed by atoms with Gasteiger partial charge in [0.05, 0.1) is 12.8 Å². The van der Waals surface area contributed by atoms with Gasteiger partial charge < -0.3 is 14.6 Å². The van der Waals surface area contributed by atoms with Crippen molar-refractivity contribution in [2.45, 2.75) is 77.0 Å². The first kappa shape index (κ1) is 22.4. The lowest BCUT2D eigenvalue weighted by atomic mass is 9.92. The van der Waals surface area contributed by atoms with Crippen LogP contribution in [-0.2, 0) is 17.9 Å². The van der Waals surface area contributed by atoms with Crippen molar-refractivity contribution >= 4 is 11.8 Å². The van der Waals surface area contributed by atoms with Gasteiger partial charge in [0.15, 0.2) is 5.76 Å². The minimum absolute atomic E-state index is 0.109. The summed E-state index contributed by atoms with van der Waals surface area (Å²) in [6.07, 6.45) is 8.25. The van der Waals surface area contributed by atoms with Gasteiger partial charge in [0, 0.05) is 18.7 Å². The van der Waals surface area contributed by atoms with E-state index in [4.69, 9.17) is 4.42 Å². The highest BCUT2D eigenvalue weighted by Gasteiger charge is 2.48. The summed E-state index contributed by atoms with van der Waals surface area (Å²) in [6, 6.07) is 13.5. The monoisotopic (exact) mass is 460 g/mol. The highest BCUT2D eigenvalue weighted by Crippen LogP contribution is 2.32. The number of rotatable bonds is 5. The zero-order valence-electron chi connectivity index (χ0n) is 19.9. The van der Waals surface area contributed by atoms with E-state index in [1.54, 1.807) is 28.0 Å². The van der Waals surface area contributed by atoms with Gasteiger partial charge in [-0.25, -0.2) is 0 Å². The Balaban J connectivity index is 1.50. The minimum Gasteiger partial charge on any atom is -0.463 e. The molecular formula is C27H32N4O3. The van der Waals surface area contributed by atoms with Crippen LogP contribution in [0.25, 0.3) is 11.5 Å². The average Bonchev–Trinajstić information content (AvgIpc) is 3.43. The molecule has 0 saturated heterocycles. The molecule has 7 nitrogen and oxygen atoms in total. The van der Waals surface area contributed by atoms with Crippen LogP contribution in [0.1, 0.15) is 67.1 Å². The Kier molecular flexibility index (Phi) is 6.02. The third kappa shape index (κ3) is 4.15. The van der Waals surface area contributed by atoms with Crippen LogP contribution in [0.5, 0.6) is 0 Å². The fourth-order valence-electron chi connectivity index (χ4n) is 5.16. The second-order valence-electron chi connectivity index (χ2n) is 9.80. The summed E-state index contributed by atoms with van der Waals surface area (Å²) in [7, 11) is 0. The second kappa shape index (κ2) is 9.12. The topological polar surface area (TPSA) is 80.4 Å². The van der Waals surface area contributed by atoms with Crippen molar-refractivity contribution < 1.29 is 14.0 Å². The summed E-state index contributed by atoms with van der Waals surface area (Å²) < 4.78 is 7.17. The third-order valence-corrected chi connectivity index (χ3v) is 7.34. The molecule has 0 bridgehead atoms. The van der Waals surface area contributed by atoms with Gasteiger partial charge in [-0.05, 0) is 49.9 Å². The number of nitrogens with one attached hydrogen (secondary N) is 1. The normalized spacial score (nSPS) is 21.2. The summed E-state index contributed by atoms with van der Waals surface area (Å²) in [6.45, 7) is 4.55. The SMILES string of the molecule is Cc1ccccc1CN1C(=O)c2cc(-c3ccco3)nn2C[C@]1(C)C(=O)NC1CCCCCC1. The second-order valence-corrected chi connectivity index (χ2v) is 9.80. The van der Waals surface area contributed by atoms with Crippen LogP contribution >= 0.6 is 0 Å². The number of aromatic nitrogens is 2. The van der Waals surface area contributed by atoms with Gasteiger partial charge in [-0.15, -0.1) is 0 Å². The van der Waals surface area contributed by atoms with E-state index in [1.165, 1.54) is 12.8 Å². The molecule has 1 aromatic carbocycles. The maximum atomic E-state index is 13.8. The van der Waals surface area contributed by atoms with E-state index >= 15 is 0 Å². The van der Waals surface area contributed by atoms with E-state index in [0.717, 1.165) is 36.8 Å². The highest BCUT2D eigenvalue weighted by atomic mass is 16.3. The summed E-state index contributed by atoms with van der Waals surface area (Å²) >= 11 is 0. The molecule has 1 fully saturated rings. The first-order valence-electron chi connectivity index (χ1n) is 12.2. The molecule has 1 atom stereocenters. The number of hydrogen-bond acceptors (Lipinski definition) is 4. The van der Waals surface area contributed by atoms with Crippen molar-refractivity contribution in [3.05, 3.63) is 65.5 Å². The van der Waals surface area contributed by atoms with Gasteiger partial charge in [0.2, 0.25) is 5.91 Å². The highest BCUT2D eigenvalue weighted by molar-refractivity contribution is 6.00. The zero-order valence-corrected chi connectivity index (χ0v) is 19.9. The summed E-state index contributed by atoms with van der Waals surface area (Å²) in [5.41, 5.74) is 2.13. The molecule has 1 aliphatic heterocycles. The quantitative estimate of drug-likeness (QED) is 0.560. The van der Waals surface area contributed by atoms with Gasteiger partial charge in [0.25, 0.3) is 5.91 Å². The zero-order chi connectivity index (χ0) is 23.7. The van der Waals surface area contributed by atoms with Crippen molar-refractivity contribution in [3.8, 4) is 11.5 Å². The van der Waals surface area contributed by atoms with Crippen molar-refractivity contribution in [1.82, 2.24) is 20.0 Å². The Morgan fingerprint density at radius 3 is 2.62 bits per heavy atom.